The number of nitrogens with zero attached hydrogens (tertiary/aromatic N) is 2. The average molecular weight is 387 g/mol. The van der Waals surface area contributed by atoms with Gasteiger partial charge in [-0.05, 0) is 32.3 Å². The molecule has 0 radical (unpaired) electrons. The van der Waals surface area contributed by atoms with Crippen LogP contribution in [0.2, 0.25) is 0 Å². The summed E-state index contributed by atoms with van der Waals surface area (Å²) in [6, 6.07) is 2.25. The number of aromatic amines is 1. The van der Waals surface area contributed by atoms with Crippen LogP contribution >= 0.6 is 0 Å². The fourth-order valence-electron chi connectivity index (χ4n) is 3.51. The Morgan fingerprint density at radius 3 is 2.82 bits per heavy atom. The number of hydrogen-bond acceptors (Lipinski definition) is 5. The maximum absolute atomic E-state index is 12.5. The normalized spacial score (nSPS) is 21.9. The summed E-state index contributed by atoms with van der Waals surface area (Å²) in [6.07, 6.45) is 4.11. The summed E-state index contributed by atoms with van der Waals surface area (Å²) in [5.41, 5.74) is 1.36. The Bertz CT molecular complexity index is 919. The molecule has 0 saturated heterocycles. The van der Waals surface area contributed by atoms with Crippen molar-refractivity contribution >= 4 is 11.8 Å². The average Bonchev–Trinajstić information content (AvgIpc) is 3.06. The third-order valence-electron chi connectivity index (χ3n) is 4.97. The van der Waals surface area contributed by atoms with Gasteiger partial charge in [-0.3, -0.25) is 19.1 Å². The predicted octanol–water partition coefficient (Wildman–Crippen LogP) is -0.00738. The van der Waals surface area contributed by atoms with E-state index in [0.717, 1.165) is 5.56 Å². The molecule has 2 aromatic rings. The highest BCUT2D eigenvalue weighted by Gasteiger charge is 2.34. The molecule has 1 aliphatic rings. The van der Waals surface area contributed by atoms with Gasteiger partial charge in [0.15, 0.2) is 0 Å². The van der Waals surface area contributed by atoms with Crippen LogP contribution in [0.1, 0.15) is 40.9 Å². The summed E-state index contributed by atoms with van der Waals surface area (Å²) in [5, 5.41) is 20.0. The lowest BCUT2D eigenvalue weighted by Crippen LogP contribution is -2.49. The van der Waals surface area contributed by atoms with E-state index in [-0.39, 0.29) is 22.9 Å². The number of nitrogens with one attached hydrogen (secondary N) is 3. The summed E-state index contributed by atoms with van der Waals surface area (Å²) in [6.45, 7) is 2.07. The van der Waals surface area contributed by atoms with E-state index < -0.39 is 18.1 Å². The topological polar surface area (TPSA) is 129 Å². The molecule has 28 heavy (non-hydrogen) atoms. The van der Waals surface area contributed by atoms with Gasteiger partial charge in [-0.25, -0.2) is 0 Å². The number of aliphatic hydroxyl groups excluding tert-OH is 1. The second-order valence-electron chi connectivity index (χ2n) is 7.31. The molecule has 0 unspecified atom stereocenters. The minimum atomic E-state index is -0.727. The molecule has 2 aromatic heterocycles. The van der Waals surface area contributed by atoms with Crippen LogP contribution in [0.15, 0.2) is 29.3 Å². The molecule has 3 atom stereocenters. The van der Waals surface area contributed by atoms with E-state index in [0.29, 0.717) is 31.5 Å². The fraction of sp³-hybridized carbons (Fsp3) is 0.474. The maximum atomic E-state index is 12.5. The first kappa shape index (κ1) is 19.8. The van der Waals surface area contributed by atoms with Gasteiger partial charge in [0, 0.05) is 48.6 Å². The third kappa shape index (κ3) is 4.86. The lowest BCUT2D eigenvalue weighted by atomic mass is 9.83. The van der Waals surface area contributed by atoms with Gasteiger partial charge in [-0.15, -0.1) is 0 Å². The summed E-state index contributed by atoms with van der Waals surface area (Å²) >= 11 is 0. The first-order valence-corrected chi connectivity index (χ1v) is 9.27. The van der Waals surface area contributed by atoms with E-state index in [1.807, 2.05) is 13.2 Å². The molecule has 9 heteroatoms. The van der Waals surface area contributed by atoms with Gasteiger partial charge in [-0.2, -0.15) is 5.10 Å². The Kier molecular flexibility index (Phi) is 5.93. The van der Waals surface area contributed by atoms with Gasteiger partial charge >= 0.3 is 0 Å². The van der Waals surface area contributed by atoms with Crippen LogP contribution < -0.4 is 16.2 Å². The van der Waals surface area contributed by atoms with Crippen LogP contribution in [0.25, 0.3) is 0 Å². The highest BCUT2D eigenvalue weighted by Crippen LogP contribution is 2.25. The number of carbonyl (C=O) groups excluding carboxylic acids is 2. The van der Waals surface area contributed by atoms with Gasteiger partial charge in [0.05, 0.1) is 18.3 Å². The number of carbonyl (C=O) groups is 2. The molecule has 9 nitrogen and oxygen atoms in total. The molecule has 0 aromatic carbocycles. The molecule has 1 saturated carbocycles. The molecular weight excluding hydrogens is 362 g/mol. The predicted molar refractivity (Wildman–Crippen MR) is 101 cm³/mol. The van der Waals surface area contributed by atoms with Crippen molar-refractivity contribution in [2.45, 2.75) is 44.9 Å². The van der Waals surface area contributed by atoms with Crippen molar-refractivity contribution in [1.82, 2.24) is 25.4 Å². The van der Waals surface area contributed by atoms with Gasteiger partial charge < -0.3 is 20.7 Å². The van der Waals surface area contributed by atoms with Crippen LogP contribution in [-0.2, 0) is 18.4 Å². The molecule has 4 N–H and O–H groups in total. The Hall–Kier alpha value is -2.94. The van der Waals surface area contributed by atoms with E-state index in [4.69, 9.17) is 0 Å². The van der Waals surface area contributed by atoms with Gasteiger partial charge in [0.2, 0.25) is 11.5 Å². The molecular formula is C19H25N5O4. The zero-order valence-electron chi connectivity index (χ0n) is 15.9. The molecule has 1 fully saturated rings. The number of H-pyrrole nitrogens is 1. The summed E-state index contributed by atoms with van der Waals surface area (Å²) in [5.74, 6) is -0.844. The molecule has 2 heterocycles. The van der Waals surface area contributed by atoms with Crippen LogP contribution in [-0.4, -0.2) is 43.8 Å². The Morgan fingerprint density at radius 2 is 2.14 bits per heavy atom. The fourth-order valence-corrected chi connectivity index (χ4v) is 3.51. The molecule has 3 rings (SSSR count). The molecule has 0 bridgehead atoms. The number of amides is 2. The molecule has 2 amide bonds. The SMILES string of the molecule is Cc1cc(C(=O)N[C@@H]2C[C@@H](C(=O)NCc3cnn(C)c3)CC[C@H]2O)cc(=O)[nH]1. The van der Waals surface area contributed by atoms with Crippen LogP contribution in [0, 0.1) is 12.8 Å². The van der Waals surface area contributed by atoms with Gasteiger partial charge in [0.1, 0.15) is 0 Å². The Balaban J connectivity index is 1.59. The quantitative estimate of drug-likeness (QED) is 0.574. The highest BCUT2D eigenvalue weighted by atomic mass is 16.3. The lowest BCUT2D eigenvalue weighted by Gasteiger charge is -2.33. The zero-order chi connectivity index (χ0) is 20.3. The minimum Gasteiger partial charge on any atom is -0.391 e. The first-order chi connectivity index (χ1) is 13.3. The lowest BCUT2D eigenvalue weighted by molar-refractivity contribution is -0.127. The van der Waals surface area contributed by atoms with Crippen molar-refractivity contribution in [2.75, 3.05) is 0 Å². The van der Waals surface area contributed by atoms with Crippen LogP contribution in [0.5, 0.6) is 0 Å². The van der Waals surface area contributed by atoms with Crippen LogP contribution in [0.3, 0.4) is 0 Å². The van der Waals surface area contributed by atoms with Crippen molar-refractivity contribution in [1.29, 1.82) is 0 Å². The van der Waals surface area contributed by atoms with Crippen molar-refractivity contribution in [3.8, 4) is 0 Å². The van der Waals surface area contributed by atoms with Crippen molar-refractivity contribution in [3.63, 3.8) is 0 Å². The molecule has 0 aliphatic heterocycles. The summed E-state index contributed by atoms with van der Waals surface area (Å²) in [4.78, 5) is 39.1. The second kappa shape index (κ2) is 8.39. The molecule has 1 aliphatic carbocycles. The maximum Gasteiger partial charge on any atom is 0.251 e. The molecule has 0 spiro atoms. The van der Waals surface area contributed by atoms with E-state index in [9.17, 15) is 19.5 Å². The number of aliphatic hydroxyl groups is 1. The van der Waals surface area contributed by atoms with Crippen molar-refractivity contribution in [3.05, 3.63) is 51.7 Å². The van der Waals surface area contributed by atoms with Crippen LogP contribution in [0.4, 0.5) is 0 Å². The summed E-state index contributed by atoms with van der Waals surface area (Å²) in [7, 11) is 1.81. The van der Waals surface area contributed by atoms with Gasteiger partial charge in [-0.1, -0.05) is 0 Å². The largest absolute Gasteiger partial charge is 0.391 e. The van der Waals surface area contributed by atoms with Crippen molar-refractivity contribution < 1.29 is 14.7 Å². The van der Waals surface area contributed by atoms with E-state index in [1.165, 1.54) is 6.07 Å². The number of pyridine rings is 1. The Labute approximate surface area is 162 Å². The van der Waals surface area contributed by atoms with E-state index >= 15 is 0 Å². The number of rotatable bonds is 5. The monoisotopic (exact) mass is 387 g/mol. The van der Waals surface area contributed by atoms with Crippen molar-refractivity contribution in [2.24, 2.45) is 13.0 Å². The molecule has 150 valence electrons. The standard InChI is InChI=1S/C19H25N5O4/c1-11-5-14(7-17(26)22-11)19(28)23-15-6-13(3-4-16(15)25)18(27)20-8-12-9-21-24(2)10-12/h5,7,9-10,13,15-16,25H,3-4,6,8H2,1-2H3,(H,20,27)(H,22,26)(H,23,28)/t13-,15+,16+/m0/s1. The number of hydrogen-bond donors (Lipinski definition) is 4. The number of aryl methyl sites for hydroxylation is 2. The summed E-state index contributed by atoms with van der Waals surface area (Å²) < 4.78 is 1.67. The first-order valence-electron chi connectivity index (χ1n) is 9.27. The highest BCUT2D eigenvalue weighted by molar-refractivity contribution is 5.94. The smallest absolute Gasteiger partial charge is 0.251 e. The zero-order valence-corrected chi connectivity index (χ0v) is 15.9. The Morgan fingerprint density at radius 1 is 1.36 bits per heavy atom. The van der Waals surface area contributed by atoms with Gasteiger partial charge in [0.25, 0.3) is 5.91 Å². The third-order valence-corrected chi connectivity index (χ3v) is 4.97. The minimum absolute atomic E-state index is 0.109. The second-order valence-corrected chi connectivity index (χ2v) is 7.31. The van der Waals surface area contributed by atoms with E-state index in [1.54, 1.807) is 23.9 Å². The van der Waals surface area contributed by atoms with E-state index in [2.05, 4.69) is 20.7 Å². The number of aromatic nitrogens is 3.